The third kappa shape index (κ3) is 5.57. The van der Waals surface area contributed by atoms with E-state index >= 15 is 0 Å². The molecule has 30 heavy (non-hydrogen) atoms. The van der Waals surface area contributed by atoms with E-state index in [1.54, 1.807) is 0 Å². The van der Waals surface area contributed by atoms with Gasteiger partial charge in [0.25, 0.3) is 0 Å². The van der Waals surface area contributed by atoms with Crippen molar-refractivity contribution in [2.45, 2.75) is 31.7 Å². The zero-order valence-electron chi connectivity index (χ0n) is 16.8. The molecule has 1 atom stereocenters. The van der Waals surface area contributed by atoms with Crippen molar-refractivity contribution in [1.82, 2.24) is 9.88 Å². The van der Waals surface area contributed by atoms with Gasteiger partial charge in [0.15, 0.2) is 0 Å². The molecule has 1 unspecified atom stereocenters. The van der Waals surface area contributed by atoms with Gasteiger partial charge in [-0.15, -0.1) is 13.2 Å². The largest absolute Gasteiger partial charge is 0.481 e. The molecule has 5 N–H and O–H groups in total. The van der Waals surface area contributed by atoms with Gasteiger partial charge in [-0.2, -0.15) is 0 Å². The Kier molecular flexibility index (Phi) is 7.94. The van der Waals surface area contributed by atoms with Crippen LogP contribution in [-0.2, 0) is 22.4 Å². The number of carbonyl (C=O) groups excluding carboxylic acids is 1. The molecule has 1 aromatic carbocycles. The second kappa shape index (κ2) is 10.4. The monoisotopic (exact) mass is 413 g/mol. The molecule has 0 aliphatic heterocycles. The number of amides is 1. The minimum atomic E-state index is -1.08. The van der Waals surface area contributed by atoms with Crippen LogP contribution in [0.3, 0.4) is 0 Å². The summed E-state index contributed by atoms with van der Waals surface area (Å²) in [6.07, 6.45) is 7.05. The summed E-state index contributed by atoms with van der Waals surface area (Å²) in [4.78, 5) is 36.7. The third-order valence-corrected chi connectivity index (χ3v) is 4.99. The Morgan fingerprint density at radius 2 is 1.70 bits per heavy atom. The van der Waals surface area contributed by atoms with Crippen molar-refractivity contribution in [2.75, 3.05) is 13.1 Å². The van der Waals surface area contributed by atoms with E-state index in [9.17, 15) is 14.4 Å². The Bertz CT molecular complexity index is 939. The number of carboxylic acids is 2. The molecule has 8 nitrogen and oxygen atoms in total. The highest BCUT2D eigenvalue weighted by Gasteiger charge is 2.28. The summed E-state index contributed by atoms with van der Waals surface area (Å²) in [5.41, 5.74) is 9.60. The van der Waals surface area contributed by atoms with Gasteiger partial charge in [-0.05, 0) is 36.1 Å². The van der Waals surface area contributed by atoms with Crippen molar-refractivity contribution >= 4 is 28.7 Å². The Hall–Kier alpha value is -3.39. The molecular weight excluding hydrogens is 386 g/mol. The van der Waals surface area contributed by atoms with E-state index in [-0.39, 0.29) is 18.7 Å². The molecule has 0 saturated carbocycles. The second-order valence-electron chi connectivity index (χ2n) is 7.07. The molecule has 0 fully saturated rings. The Labute approximate surface area is 174 Å². The first-order valence-corrected chi connectivity index (χ1v) is 9.59. The SMILES string of the molecule is C=CCN(CC=C)C1Cc2c[nH]c3ccc(C(N)=O)c(c23)C1.O=C(O)CCC(=O)O. The molecule has 3 rings (SSSR count). The number of aliphatic carboxylic acids is 2. The number of rotatable bonds is 9. The maximum atomic E-state index is 11.8. The van der Waals surface area contributed by atoms with Gasteiger partial charge in [-0.1, -0.05) is 12.2 Å². The molecular formula is C22H27N3O5. The van der Waals surface area contributed by atoms with E-state index in [0.29, 0.717) is 11.6 Å². The second-order valence-corrected chi connectivity index (χ2v) is 7.07. The van der Waals surface area contributed by atoms with Crippen LogP contribution >= 0.6 is 0 Å². The van der Waals surface area contributed by atoms with Gasteiger partial charge in [0.05, 0.1) is 12.8 Å². The molecule has 0 spiro atoms. The van der Waals surface area contributed by atoms with Gasteiger partial charge < -0.3 is 20.9 Å². The molecule has 160 valence electrons. The molecule has 0 saturated heterocycles. The summed E-state index contributed by atoms with van der Waals surface area (Å²) in [6.45, 7) is 9.29. The predicted molar refractivity (Wildman–Crippen MR) is 114 cm³/mol. The minimum Gasteiger partial charge on any atom is -0.481 e. The molecule has 0 radical (unpaired) electrons. The molecule has 1 heterocycles. The standard InChI is InChI=1S/C18H21N3O.C4H6O4/c1-3-7-21(8-4-2)13-9-12-11-20-16-6-5-14(18(19)22)15(10-13)17(12)16;5-3(6)1-2-4(7)8/h3-6,11,13,20H,1-2,7-10H2,(H2,19,22);1-2H2,(H,5,6)(H,7,8). The number of nitrogens with two attached hydrogens (primary N) is 1. The lowest BCUT2D eigenvalue weighted by atomic mass is 9.85. The van der Waals surface area contributed by atoms with Crippen LogP contribution in [0.2, 0.25) is 0 Å². The van der Waals surface area contributed by atoms with Crippen molar-refractivity contribution in [2.24, 2.45) is 5.73 Å². The topological polar surface area (TPSA) is 137 Å². The number of hydrogen-bond acceptors (Lipinski definition) is 4. The molecule has 1 aliphatic rings. The summed E-state index contributed by atoms with van der Waals surface area (Å²) in [6, 6.07) is 4.09. The maximum Gasteiger partial charge on any atom is 0.303 e. The Morgan fingerprint density at radius 1 is 1.10 bits per heavy atom. The molecule has 8 heteroatoms. The van der Waals surface area contributed by atoms with Crippen LogP contribution in [0.1, 0.15) is 34.3 Å². The Balaban J connectivity index is 0.000000343. The highest BCUT2D eigenvalue weighted by molar-refractivity contribution is 6.01. The molecule has 2 aromatic rings. The fraction of sp³-hybridized carbons (Fsp3) is 0.318. The van der Waals surface area contributed by atoms with Crippen molar-refractivity contribution in [3.63, 3.8) is 0 Å². The van der Waals surface area contributed by atoms with Crippen LogP contribution in [0, 0.1) is 0 Å². The van der Waals surface area contributed by atoms with E-state index in [1.165, 1.54) is 10.9 Å². The van der Waals surface area contributed by atoms with Crippen molar-refractivity contribution < 1.29 is 24.6 Å². The van der Waals surface area contributed by atoms with Crippen LogP contribution in [0.5, 0.6) is 0 Å². The predicted octanol–water partition coefficient (Wildman–Crippen LogP) is 2.34. The summed E-state index contributed by atoms with van der Waals surface area (Å²) in [5.74, 6) is -2.51. The third-order valence-electron chi connectivity index (χ3n) is 4.99. The normalized spacial score (nSPS) is 14.6. The molecule has 0 bridgehead atoms. The highest BCUT2D eigenvalue weighted by atomic mass is 16.4. The number of aromatic nitrogens is 1. The first kappa shape index (κ1) is 22.9. The number of carboxylic acid groups (broad SMARTS) is 2. The Morgan fingerprint density at radius 3 is 2.20 bits per heavy atom. The molecule has 1 amide bonds. The summed E-state index contributed by atoms with van der Waals surface area (Å²) < 4.78 is 0. The van der Waals surface area contributed by atoms with E-state index in [2.05, 4.69) is 23.0 Å². The average Bonchev–Trinajstić information content (AvgIpc) is 3.11. The van der Waals surface area contributed by atoms with Crippen molar-refractivity contribution in [3.8, 4) is 0 Å². The maximum absolute atomic E-state index is 11.8. The van der Waals surface area contributed by atoms with Crippen LogP contribution in [0.4, 0.5) is 0 Å². The van der Waals surface area contributed by atoms with Crippen LogP contribution in [-0.4, -0.2) is 57.1 Å². The van der Waals surface area contributed by atoms with E-state index in [0.717, 1.165) is 37.0 Å². The smallest absolute Gasteiger partial charge is 0.303 e. The zero-order chi connectivity index (χ0) is 22.3. The highest BCUT2D eigenvalue weighted by Crippen LogP contribution is 2.33. The van der Waals surface area contributed by atoms with Gasteiger partial charge in [-0.3, -0.25) is 19.3 Å². The summed E-state index contributed by atoms with van der Waals surface area (Å²) in [5, 5.41) is 17.0. The number of primary amides is 1. The zero-order valence-corrected chi connectivity index (χ0v) is 16.8. The van der Waals surface area contributed by atoms with Gasteiger partial charge in [0.1, 0.15) is 0 Å². The number of carbonyl (C=O) groups is 3. The molecule has 1 aliphatic carbocycles. The van der Waals surface area contributed by atoms with Crippen molar-refractivity contribution in [3.05, 3.63) is 60.3 Å². The van der Waals surface area contributed by atoms with Crippen LogP contribution in [0.15, 0.2) is 43.6 Å². The quantitative estimate of drug-likeness (QED) is 0.466. The van der Waals surface area contributed by atoms with E-state index in [4.69, 9.17) is 15.9 Å². The number of benzene rings is 1. The first-order valence-electron chi connectivity index (χ1n) is 9.59. The van der Waals surface area contributed by atoms with Gasteiger partial charge >= 0.3 is 11.9 Å². The number of aromatic amines is 1. The van der Waals surface area contributed by atoms with Gasteiger partial charge in [0.2, 0.25) is 5.91 Å². The molecule has 1 aromatic heterocycles. The summed E-state index contributed by atoms with van der Waals surface area (Å²) >= 11 is 0. The lowest BCUT2D eigenvalue weighted by Gasteiger charge is -2.33. The van der Waals surface area contributed by atoms with Crippen LogP contribution < -0.4 is 5.73 Å². The van der Waals surface area contributed by atoms with Crippen molar-refractivity contribution in [1.29, 1.82) is 0 Å². The van der Waals surface area contributed by atoms with Crippen LogP contribution in [0.25, 0.3) is 10.9 Å². The van der Waals surface area contributed by atoms with Gasteiger partial charge in [0, 0.05) is 41.8 Å². The average molecular weight is 413 g/mol. The van der Waals surface area contributed by atoms with Gasteiger partial charge in [-0.25, -0.2) is 0 Å². The van der Waals surface area contributed by atoms with E-state index < -0.39 is 11.9 Å². The number of hydrogen-bond donors (Lipinski definition) is 4. The lowest BCUT2D eigenvalue weighted by Crippen LogP contribution is -2.40. The fourth-order valence-electron chi connectivity index (χ4n) is 3.71. The summed E-state index contributed by atoms with van der Waals surface area (Å²) in [7, 11) is 0. The lowest BCUT2D eigenvalue weighted by molar-refractivity contribution is -0.143. The number of nitrogens with zero attached hydrogens (tertiary/aromatic N) is 1. The fourth-order valence-corrected chi connectivity index (χ4v) is 3.71. The van der Waals surface area contributed by atoms with E-state index in [1.807, 2.05) is 30.5 Å². The number of H-pyrrole nitrogens is 1. The minimum absolute atomic E-state index is 0.296. The first-order chi connectivity index (χ1) is 14.3. The number of nitrogens with one attached hydrogen (secondary N) is 1.